The van der Waals surface area contributed by atoms with Gasteiger partial charge in [0.2, 0.25) is 16.9 Å². The molecule has 2 rings (SSSR count). The fourth-order valence-corrected chi connectivity index (χ4v) is 4.07. The third kappa shape index (κ3) is 8.09. The second-order valence-corrected chi connectivity index (χ2v) is 9.23. The van der Waals surface area contributed by atoms with Gasteiger partial charge in [-0.2, -0.15) is 0 Å². The van der Waals surface area contributed by atoms with Gasteiger partial charge < -0.3 is 14.8 Å². The standard InChI is InChI=1S/C22H30F2N4O4S/c1-6-7-16(25-17(29)10-13-8-14(23)11-15(24)9-13)19(30)26-21-28-27-20(33-21)22(2,3)12-18(31-4)32-5/h8-9,11,16,18H,6-7,10,12H2,1-5H3,(H,25,29)(H,26,28,30). The molecule has 0 spiro atoms. The molecule has 1 aromatic carbocycles. The summed E-state index contributed by atoms with van der Waals surface area (Å²) in [6.45, 7) is 5.82. The summed E-state index contributed by atoms with van der Waals surface area (Å²) < 4.78 is 37.3. The number of ether oxygens (including phenoxy) is 2. The van der Waals surface area contributed by atoms with E-state index < -0.39 is 41.2 Å². The summed E-state index contributed by atoms with van der Waals surface area (Å²) in [6, 6.07) is 2.07. The first-order chi connectivity index (χ1) is 15.6. The highest BCUT2D eigenvalue weighted by atomic mass is 32.1. The summed E-state index contributed by atoms with van der Waals surface area (Å²) in [5.41, 5.74) is -0.226. The molecular formula is C22H30F2N4O4S. The molecule has 1 heterocycles. The average molecular weight is 485 g/mol. The summed E-state index contributed by atoms with van der Waals surface area (Å²) in [4.78, 5) is 25.2. The van der Waals surface area contributed by atoms with E-state index in [9.17, 15) is 18.4 Å². The molecule has 182 valence electrons. The van der Waals surface area contributed by atoms with E-state index in [4.69, 9.17) is 9.47 Å². The molecule has 33 heavy (non-hydrogen) atoms. The quantitative estimate of drug-likeness (QED) is 0.447. The van der Waals surface area contributed by atoms with Gasteiger partial charge in [0.15, 0.2) is 6.29 Å². The minimum Gasteiger partial charge on any atom is -0.356 e. The second kappa shape index (κ2) is 12.1. The van der Waals surface area contributed by atoms with Crippen LogP contribution in [0.15, 0.2) is 18.2 Å². The van der Waals surface area contributed by atoms with Gasteiger partial charge in [-0.3, -0.25) is 14.9 Å². The lowest BCUT2D eigenvalue weighted by Crippen LogP contribution is -2.44. The number of nitrogens with one attached hydrogen (secondary N) is 2. The fourth-order valence-electron chi connectivity index (χ4n) is 3.21. The summed E-state index contributed by atoms with van der Waals surface area (Å²) >= 11 is 1.23. The van der Waals surface area contributed by atoms with Crippen LogP contribution >= 0.6 is 11.3 Å². The molecule has 11 heteroatoms. The molecule has 1 unspecified atom stereocenters. The van der Waals surface area contributed by atoms with Crippen LogP contribution in [-0.4, -0.2) is 48.6 Å². The zero-order valence-electron chi connectivity index (χ0n) is 19.4. The van der Waals surface area contributed by atoms with Gasteiger partial charge in [-0.05, 0) is 24.1 Å². The Balaban J connectivity index is 2.03. The van der Waals surface area contributed by atoms with E-state index in [0.29, 0.717) is 29.4 Å². The molecule has 0 aliphatic carbocycles. The first kappa shape index (κ1) is 26.7. The molecule has 1 aromatic heterocycles. The van der Waals surface area contributed by atoms with Gasteiger partial charge in [0, 0.05) is 32.1 Å². The average Bonchev–Trinajstić information content (AvgIpc) is 3.20. The van der Waals surface area contributed by atoms with Crippen LogP contribution in [0.5, 0.6) is 0 Å². The number of hydrogen-bond acceptors (Lipinski definition) is 7. The lowest BCUT2D eigenvalue weighted by Gasteiger charge is -2.25. The maximum Gasteiger partial charge on any atom is 0.248 e. The van der Waals surface area contributed by atoms with Crippen LogP contribution < -0.4 is 10.6 Å². The highest BCUT2D eigenvalue weighted by Crippen LogP contribution is 2.33. The Bertz CT molecular complexity index is 930. The molecular weight excluding hydrogens is 454 g/mol. The summed E-state index contributed by atoms with van der Waals surface area (Å²) in [6.07, 6.45) is 0.904. The Kier molecular flexibility index (Phi) is 9.81. The van der Waals surface area contributed by atoms with Crippen molar-refractivity contribution >= 4 is 28.3 Å². The third-order valence-corrected chi connectivity index (χ3v) is 6.16. The minimum atomic E-state index is -0.826. The van der Waals surface area contributed by atoms with Gasteiger partial charge in [0.25, 0.3) is 0 Å². The predicted molar refractivity (Wildman–Crippen MR) is 121 cm³/mol. The van der Waals surface area contributed by atoms with Crippen molar-refractivity contribution in [2.24, 2.45) is 0 Å². The number of aromatic nitrogens is 2. The highest BCUT2D eigenvalue weighted by Gasteiger charge is 2.30. The van der Waals surface area contributed by atoms with E-state index in [0.717, 1.165) is 18.2 Å². The molecule has 2 N–H and O–H groups in total. The molecule has 0 saturated heterocycles. The van der Waals surface area contributed by atoms with Gasteiger partial charge in [-0.1, -0.05) is 38.5 Å². The lowest BCUT2D eigenvalue weighted by atomic mass is 9.90. The van der Waals surface area contributed by atoms with Crippen molar-refractivity contribution in [2.75, 3.05) is 19.5 Å². The third-order valence-electron chi connectivity index (χ3n) is 4.95. The second-order valence-electron chi connectivity index (χ2n) is 8.25. The Morgan fingerprint density at radius 1 is 1.12 bits per heavy atom. The van der Waals surface area contributed by atoms with E-state index in [2.05, 4.69) is 20.8 Å². The van der Waals surface area contributed by atoms with Crippen molar-refractivity contribution in [3.8, 4) is 0 Å². The zero-order valence-corrected chi connectivity index (χ0v) is 20.2. The number of halogens is 2. The van der Waals surface area contributed by atoms with Gasteiger partial charge in [-0.15, -0.1) is 10.2 Å². The van der Waals surface area contributed by atoms with Crippen molar-refractivity contribution in [1.82, 2.24) is 15.5 Å². The van der Waals surface area contributed by atoms with Crippen LogP contribution in [-0.2, 0) is 30.9 Å². The summed E-state index contributed by atoms with van der Waals surface area (Å²) in [7, 11) is 3.12. The summed E-state index contributed by atoms with van der Waals surface area (Å²) in [5, 5.41) is 14.6. The molecule has 1 atom stereocenters. The molecule has 0 saturated carbocycles. The number of carbonyl (C=O) groups excluding carboxylic acids is 2. The molecule has 2 amide bonds. The van der Waals surface area contributed by atoms with E-state index in [1.807, 2.05) is 20.8 Å². The maximum atomic E-state index is 13.4. The van der Waals surface area contributed by atoms with Crippen molar-refractivity contribution in [3.05, 3.63) is 40.4 Å². The van der Waals surface area contributed by atoms with Crippen molar-refractivity contribution in [2.45, 2.75) is 64.2 Å². The number of methoxy groups -OCH3 is 2. The van der Waals surface area contributed by atoms with E-state index >= 15 is 0 Å². The molecule has 0 aliphatic rings. The van der Waals surface area contributed by atoms with Gasteiger partial charge >= 0.3 is 0 Å². The number of benzene rings is 1. The largest absolute Gasteiger partial charge is 0.356 e. The van der Waals surface area contributed by atoms with Gasteiger partial charge in [-0.25, -0.2) is 8.78 Å². The molecule has 2 aromatic rings. The lowest BCUT2D eigenvalue weighted by molar-refractivity contribution is -0.126. The van der Waals surface area contributed by atoms with Crippen LogP contribution in [0.2, 0.25) is 0 Å². The van der Waals surface area contributed by atoms with E-state index in [1.54, 1.807) is 14.2 Å². The Labute approximate surface area is 196 Å². The molecule has 0 radical (unpaired) electrons. The topological polar surface area (TPSA) is 102 Å². The highest BCUT2D eigenvalue weighted by molar-refractivity contribution is 7.15. The van der Waals surface area contributed by atoms with E-state index in [1.165, 1.54) is 11.3 Å². The Hall–Kier alpha value is -2.50. The normalized spacial score (nSPS) is 12.6. The zero-order chi connectivity index (χ0) is 24.6. The van der Waals surface area contributed by atoms with Crippen LogP contribution in [0.1, 0.15) is 50.6 Å². The first-order valence-corrected chi connectivity index (χ1v) is 11.3. The van der Waals surface area contributed by atoms with Crippen molar-refractivity contribution < 1.29 is 27.8 Å². The molecule has 0 bridgehead atoms. The molecule has 0 fully saturated rings. The predicted octanol–water partition coefficient (Wildman–Crippen LogP) is 3.57. The first-order valence-electron chi connectivity index (χ1n) is 10.5. The number of nitrogens with zero attached hydrogens (tertiary/aromatic N) is 2. The van der Waals surface area contributed by atoms with Crippen LogP contribution in [0, 0.1) is 11.6 Å². The number of rotatable bonds is 12. The van der Waals surface area contributed by atoms with Crippen LogP contribution in [0.4, 0.5) is 13.9 Å². The maximum absolute atomic E-state index is 13.4. The molecule has 0 aliphatic heterocycles. The number of carbonyl (C=O) groups is 2. The summed E-state index contributed by atoms with van der Waals surface area (Å²) in [5.74, 6) is -2.49. The van der Waals surface area contributed by atoms with E-state index in [-0.39, 0.29) is 12.0 Å². The smallest absolute Gasteiger partial charge is 0.248 e. The van der Waals surface area contributed by atoms with Crippen molar-refractivity contribution in [3.63, 3.8) is 0 Å². The monoisotopic (exact) mass is 484 g/mol. The minimum absolute atomic E-state index is 0.182. The fraction of sp³-hybridized carbons (Fsp3) is 0.545. The Morgan fingerprint density at radius 3 is 2.33 bits per heavy atom. The van der Waals surface area contributed by atoms with Gasteiger partial charge in [0.1, 0.15) is 22.7 Å². The SMILES string of the molecule is CCCC(NC(=O)Cc1cc(F)cc(F)c1)C(=O)Nc1nnc(C(C)(C)CC(OC)OC)s1. The number of anilines is 1. The number of hydrogen-bond donors (Lipinski definition) is 2. The molecule has 8 nitrogen and oxygen atoms in total. The van der Waals surface area contributed by atoms with Crippen LogP contribution in [0.25, 0.3) is 0 Å². The van der Waals surface area contributed by atoms with Crippen molar-refractivity contribution in [1.29, 1.82) is 0 Å². The van der Waals surface area contributed by atoms with Crippen LogP contribution in [0.3, 0.4) is 0 Å². The van der Waals surface area contributed by atoms with Gasteiger partial charge in [0.05, 0.1) is 6.42 Å². The Morgan fingerprint density at radius 2 is 1.76 bits per heavy atom. The number of amides is 2.